The Labute approximate surface area is 232 Å². The predicted octanol–water partition coefficient (Wildman–Crippen LogP) is 6.18. The number of aromatic nitrogens is 2. The van der Waals surface area contributed by atoms with Gasteiger partial charge in [-0.3, -0.25) is 9.78 Å². The molecule has 0 aliphatic carbocycles. The summed E-state index contributed by atoms with van der Waals surface area (Å²) in [6.07, 6.45) is 3.58. The number of methoxy groups -OCH3 is 1. The molecule has 7 nitrogen and oxygen atoms in total. The lowest BCUT2D eigenvalue weighted by molar-refractivity contribution is -0.123. The van der Waals surface area contributed by atoms with E-state index in [9.17, 15) is 9.18 Å². The first-order valence-electron chi connectivity index (χ1n) is 12.6. The molecule has 0 bridgehead atoms. The lowest BCUT2D eigenvalue weighted by Gasteiger charge is -2.29. The molecule has 0 saturated carbocycles. The first-order valence-corrected chi connectivity index (χ1v) is 13.0. The fraction of sp³-hybridized carbons (Fsp3) is 0.233. The van der Waals surface area contributed by atoms with Crippen LogP contribution in [0.2, 0.25) is 0 Å². The molecule has 5 rings (SSSR count). The van der Waals surface area contributed by atoms with Gasteiger partial charge in [0, 0.05) is 35.3 Å². The highest BCUT2D eigenvalue weighted by Gasteiger charge is 2.42. The summed E-state index contributed by atoms with van der Waals surface area (Å²) in [5.41, 5.74) is 2.81. The van der Waals surface area contributed by atoms with Crippen LogP contribution in [0.1, 0.15) is 44.2 Å². The molecule has 1 aliphatic heterocycles. The molecule has 0 radical (unpaired) electrons. The number of benzene rings is 2. The van der Waals surface area contributed by atoms with Crippen LogP contribution in [0.25, 0.3) is 5.69 Å². The summed E-state index contributed by atoms with van der Waals surface area (Å²) >= 11 is 5.86. The first kappa shape index (κ1) is 26.4. The van der Waals surface area contributed by atoms with Gasteiger partial charge in [0.05, 0.1) is 30.2 Å². The average molecular weight is 544 g/mol. The van der Waals surface area contributed by atoms with Crippen molar-refractivity contribution in [2.24, 2.45) is 5.41 Å². The molecule has 2 atom stereocenters. The molecule has 9 heteroatoms. The van der Waals surface area contributed by atoms with Crippen molar-refractivity contribution >= 4 is 34.6 Å². The first-order chi connectivity index (χ1) is 18.7. The number of carbonyl (C=O) groups excluding carboxylic acids is 1. The largest absolute Gasteiger partial charge is 0.494 e. The second-order valence-corrected chi connectivity index (χ2v) is 10.7. The van der Waals surface area contributed by atoms with Crippen LogP contribution in [0.4, 0.5) is 15.8 Å². The third-order valence-electron chi connectivity index (χ3n) is 6.69. The molecule has 2 N–H and O–H groups in total. The van der Waals surface area contributed by atoms with Crippen molar-refractivity contribution in [3.8, 4) is 11.4 Å². The van der Waals surface area contributed by atoms with Crippen molar-refractivity contribution in [1.82, 2.24) is 14.9 Å². The van der Waals surface area contributed by atoms with Gasteiger partial charge < -0.3 is 24.8 Å². The molecule has 3 heterocycles. The number of amides is 1. The fourth-order valence-electron chi connectivity index (χ4n) is 4.68. The molecular weight excluding hydrogens is 513 g/mol. The quantitative estimate of drug-likeness (QED) is 0.283. The van der Waals surface area contributed by atoms with Gasteiger partial charge in [-0.2, -0.15) is 0 Å². The Morgan fingerprint density at radius 2 is 1.85 bits per heavy atom. The van der Waals surface area contributed by atoms with Gasteiger partial charge in [-0.05, 0) is 60.7 Å². The number of hydrogen-bond acceptors (Lipinski definition) is 4. The summed E-state index contributed by atoms with van der Waals surface area (Å²) in [5, 5.41) is 6.88. The number of pyridine rings is 1. The van der Waals surface area contributed by atoms with Gasteiger partial charge >= 0.3 is 0 Å². The minimum atomic E-state index is -0.566. The van der Waals surface area contributed by atoms with Gasteiger partial charge in [0.15, 0.2) is 5.11 Å². The topological polar surface area (TPSA) is 71.4 Å². The van der Waals surface area contributed by atoms with Crippen LogP contribution in [0.3, 0.4) is 0 Å². The fourth-order valence-corrected chi connectivity index (χ4v) is 5.02. The van der Waals surface area contributed by atoms with E-state index in [4.69, 9.17) is 17.0 Å². The van der Waals surface area contributed by atoms with Crippen molar-refractivity contribution in [3.63, 3.8) is 0 Å². The Morgan fingerprint density at radius 1 is 1.08 bits per heavy atom. The van der Waals surface area contributed by atoms with Gasteiger partial charge in [0.25, 0.3) is 0 Å². The van der Waals surface area contributed by atoms with Crippen LogP contribution in [0.15, 0.2) is 85.2 Å². The van der Waals surface area contributed by atoms with Crippen LogP contribution < -0.4 is 20.3 Å². The number of hydrogen-bond donors (Lipinski definition) is 2. The van der Waals surface area contributed by atoms with Crippen LogP contribution in [-0.4, -0.2) is 27.7 Å². The Kier molecular flexibility index (Phi) is 7.10. The number of para-hydroxylation sites is 1. The van der Waals surface area contributed by atoms with E-state index in [0.29, 0.717) is 22.2 Å². The predicted molar refractivity (Wildman–Crippen MR) is 155 cm³/mol. The van der Waals surface area contributed by atoms with Gasteiger partial charge in [-0.15, -0.1) is 0 Å². The van der Waals surface area contributed by atoms with E-state index in [1.54, 1.807) is 25.4 Å². The third-order valence-corrected chi connectivity index (χ3v) is 7.00. The second-order valence-electron chi connectivity index (χ2n) is 10.3. The Hall–Kier alpha value is -4.24. The lowest BCUT2D eigenvalue weighted by atomic mass is 9.95. The molecule has 1 amide bonds. The van der Waals surface area contributed by atoms with Crippen molar-refractivity contribution < 1.29 is 13.9 Å². The van der Waals surface area contributed by atoms with Gasteiger partial charge in [0.1, 0.15) is 17.6 Å². The molecule has 2 aromatic carbocycles. The maximum absolute atomic E-state index is 14.9. The highest BCUT2D eigenvalue weighted by molar-refractivity contribution is 7.80. The SMILES string of the molecule is COc1cc(N2C(=S)N[C@@H](c3ccccn3)[C@@H]2c2cccn2-c2ccccc2F)ccc1NC(=O)C(C)(C)C. The number of halogens is 1. The Morgan fingerprint density at radius 3 is 2.54 bits per heavy atom. The second kappa shape index (κ2) is 10.5. The van der Waals surface area contributed by atoms with E-state index < -0.39 is 5.41 Å². The number of nitrogens with one attached hydrogen (secondary N) is 2. The summed E-state index contributed by atoms with van der Waals surface area (Å²) in [6.45, 7) is 5.56. The van der Waals surface area contributed by atoms with E-state index in [1.807, 2.05) is 91.0 Å². The molecule has 4 aromatic rings. The number of anilines is 2. The van der Waals surface area contributed by atoms with E-state index in [0.717, 1.165) is 17.1 Å². The zero-order chi connectivity index (χ0) is 27.7. The minimum absolute atomic E-state index is 0.122. The summed E-state index contributed by atoms with van der Waals surface area (Å²) in [5.74, 6) is 0.0465. The molecule has 0 unspecified atom stereocenters. The van der Waals surface area contributed by atoms with Gasteiger partial charge in [-0.1, -0.05) is 39.0 Å². The highest BCUT2D eigenvalue weighted by Crippen LogP contribution is 2.44. The molecule has 1 fully saturated rings. The normalized spacial score (nSPS) is 17.2. The minimum Gasteiger partial charge on any atom is -0.494 e. The van der Waals surface area contributed by atoms with E-state index >= 15 is 0 Å². The zero-order valence-corrected chi connectivity index (χ0v) is 23.0. The lowest BCUT2D eigenvalue weighted by Crippen LogP contribution is -2.30. The van der Waals surface area contributed by atoms with Crippen molar-refractivity contribution in [3.05, 3.63) is 102 Å². The van der Waals surface area contributed by atoms with Crippen LogP contribution >= 0.6 is 12.2 Å². The standard InChI is InChI=1S/C30H30FN5O2S/c1-30(2,3)28(37)33-21-15-14-19(18-25(21)38-4)36-27(26(34-29(36)39)22-11-7-8-16-32-22)24-13-9-17-35(24)23-12-6-5-10-20(23)31/h5-18,26-27H,1-4H3,(H,33,37)(H,34,39)/t26-,27-/m0/s1. The molecule has 1 saturated heterocycles. The summed E-state index contributed by atoms with van der Waals surface area (Å²) in [4.78, 5) is 19.2. The molecule has 2 aromatic heterocycles. The van der Waals surface area contributed by atoms with Crippen LogP contribution in [0.5, 0.6) is 5.75 Å². The van der Waals surface area contributed by atoms with Crippen molar-refractivity contribution in [1.29, 1.82) is 0 Å². The smallest absolute Gasteiger partial charge is 0.229 e. The molecule has 1 aliphatic rings. The number of nitrogens with zero attached hydrogens (tertiary/aromatic N) is 3. The molecule has 0 spiro atoms. The van der Waals surface area contributed by atoms with E-state index in [-0.39, 0.29) is 23.8 Å². The highest BCUT2D eigenvalue weighted by atomic mass is 32.1. The average Bonchev–Trinajstić information content (AvgIpc) is 3.53. The van der Waals surface area contributed by atoms with Crippen molar-refractivity contribution in [2.75, 3.05) is 17.3 Å². The summed E-state index contributed by atoms with van der Waals surface area (Å²) in [6, 6.07) is 21.1. The monoisotopic (exact) mass is 543 g/mol. The summed E-state index contributed by atoms with van der Waals surface area (Å²) < 4.78 is 22.4. The van der Waals surface area contributed by atoms with E-state index in [2.05, 4.69) is 15.6 Å². The van der Waals surface area contributed by atoms with E-state index in [1.165, 1.54) is 6.07 Å². The molecular formula is C30H30FN5O2S. The van der Waals surface area contributed by atoms with Crippen LogP contribution in [0, 0.1) is 11.2 Å². The number of ether oxygens (including phenoxy) is 1. The number of rotatable bonds is 6. The number of thiocarbonyl (C=S) groups is 1. The summed E-state index contributed by atoms with van der Waals surface area (Å²) in [7, 11) is 1.56. The van der Waals surface area contributed by atoms with Gasteiger partial charge in [0.2, 0.25) is 5.91 Å². The number of carbonyl (C=O) groups is 1. The maximum atomic E-state index is 14.9. The van der Waals surface area contributed by atoms with Crippen molar-refractivity contribution in [2.45, 2.75) is 32.9 Å². The Balaban J connectivity index is 1.62. The Bertz CT molecular complexity index is 1520. The zero-order valence-electron chi connectivity index (χ0n) is 22.2. The van der Waals surface area contributed by atoms with Crippen LogP contribution in [-0.2, 0) is 4.79 Å². The molecule has 39 heavy (non-hydrogen) atoms. The maximum Gasteiger partial charge on any atom is 0.229 e. The third kappa shape index (κ3) is 5.09. The molecule has 200 valence electrons. The van der Waals surface area contributed by atoms with Gasteiger partial charge in [-0.25, -0.2) is 4.39 Å².